The third-order valence-electron chi connectivity index (χ3n) is 5.99. The molecule has 0 N–H and O–H groups in total. The van der Waals surface area contributed by atoms with Crippen LogP contribution in [0.3, 0.4) is 0 Å². The number of methoxy groups -OCH3 is 1. The molecule has 0 spiro atoms. The highest BCUT2D eigenvalue weighted by molar-refractivity contribution is 6.31. The van der Waals surface area contributed by atoms with E-state index in [2.05, 4.69) is 36.6 Å². The van der Waals surface area contributed by atoms with E-state index in [1.165, 1.54) is 11.1 Å². The molecule has 5 rings (SSSR count). The predicted molar refractivity (Wildman–Crippen MR) is 124 cm³/mol. The van der Waals surface area contributed by atoms with Crippen LogP contribution in [-0.2, 0) is 13.1 Å². The Morgan fingerprint density at radius 2 is 1.81 bits per heavy atom. The predicted octanol–water partition coefficient (Wildman–Crippen LogP) is 5.10. The highest BCUT2D eigenvalue weighted by Crippen LogP contribution is 2.33. The van der Waals surface area contributed by atoms with Crippen molar-refractivity contribution in [3.8, 4) is 17.3 Å². The van der Waals surface area contributed by atoms with E-state index >= 15 is 0 Å². The molecule has 2 aromatic heterocycles. The number of nitrogens with zero attached hydrogens (tertiary/aromatic N) is 4. The monoisotopic (exact) mass is 446 g/mol. The molecule has 32 heavy (non-hydrogen) atoms. The van der Waals surface area contributed by atoms with E-state index < -0.39 is 0 Å². The zero-order valence-electron chi connectivity index (χ0n) is 18.2. The fraction of sp³-hybridized carbons (Fsp3) is 0.200. The maximum atomic E-state index is 13.3. The molecule has 1 aliphatic rings. The molecule has 0 saturated heterocycles. The number of rotatable bonds is 4. The van der Waals surface area contributed by atoms with Crippen molar-refractivity contribution < 1.29 is 9.53 Å². The Balaban J connectivity index is 1.55. The Bertz CT molecular complexity index is 1320. The van der Waals surface area contributed by atoms with Gasteiger partial charge in [0, 0.05) is 23.0 Å². The summed E-state index contributed by atoms with van der Waals surface area (Å²) in [7, 11) is 1.55. The van der Waals surface area contributed by atoms with Crippen LogP contribution in [0, 0.1) is 13.8 Å². The van der Waals surface area contributed by atoms with Gasteiger partial charge in [0.05, 0.1) is 37.1 Å². The highest BCUT2D eigenvalue weighted by Gasteiger charge is 2.33. The lowest BCUT2D eigenvalue weighted by Crippen LogP contribution is -2.27. The van der Waals surface area contributed by atoms with Crippen LogP contribution in [-0.4, -0.2) is 32.3 Å². The second kappa shape index (κ2) is 7.88. The normalized spacial score (nSPS) is 12.8. The van der Waals surface area contributed by atoms with E-state index in [4.69, 9.17) is 21.4 Å². The third kappa shape index (κ3) is 3.37. The molecular formula is C25H23ClN4O2. The Labute approximate surface area is 191 Å². The number of carbonyl (C=O) groups is 1. The van der Waals surface area contributed by atoms with Crippen molar-refractivity contribution in [2.45, 2.75) is 26.9 Å². The van der Waals surface area contributed by atoms with Crippen molar-refractivity contribution in [3.63, 3.8) is 0 Å². The summed E-state index contributed by atoms with van der Waals surface area (Å²) in [5, 5.41) is 5.42. The van der Waals surface area contributed by atoms with Gasteiger partial charge in [-0.3, -0.25) is 4.79 Å². The first-order valence-corrected chi connectivity index (χ1v) is 10.8. The summed E-state index contributed by atoms with van der Waals surface area (Å²) in [5.41, 5.74) is 5.83. The first-order chi connectivity index (χ1) is 15.5. The number of hydrogen-bond donors (Lipinski definition) is 0. The average Bonchev–Trinajstić information content (AvgIpc) is 3.51. The Morgan fingerprint density at radius 3 is 2.53 bits per heavy atom. The van der Waals surface area contributed by atoms with E-state index in [0.29, 0.717) is 29.4 Å². The van der Waals surface area contributed by atoms with Gasteiger partial charge in [-0.2, -0.15) is 5.10 Å². The van der Waals surface area contributed by atoms with Gasteiger partial charge < -0.3 is 14.2 Å². The number of aryl methyl sites for hydroxylation is 2. The van der Waals surface area contributed by atoms with Gasteiger partial charge in [-0.05, 0) is 67.4 Å². The first kappa shape index (κ1) is 20.4. The molecule has 0 bridgehead atoms. The van der Waals surface area contributed by atoms with E-state index in [1.807, 2.05) is 29.2 Å². The summed E-state index contributed by atoms with van der Waals surface area (Å²) < 4.78 is 9.41. The molecule has 0 unspecified atom stereocenters. The number of aromatic nitrogens is 3. The van der Waals surface area contributed by atoms with Crippen LogP contribution in [0.4, 0.5) is 0 Å². The largest absolute Gasteiger partial charge is 0.496 e. The maximum Gasteiger partial charge on any atom is 0.258 e. The molecular weight excluding hydrogens is 424 g/mol. The zero-order chi connectivity index (χ0) is 22.4. The first-order valence-electron chi connectivity index (χ1n) is 10.4. The van der Waals surface area contributed by atoms with E-state index in [0.717, 1.165) is 22.8 Å². The molecule has 0 fully saturated rings. The number of carbonyl (C=O) groups excluding carboxylic acids is 1. The van der Waals surface area contributed by atoms with Gasteiger partial charge in [0.1, 0.15) is 11.6 Å². The van der Waals surface area contributed by atoms with Gasteiger partial charge in [0.15, 0.2) is 0 Å². The van der Waals surface area contributed by atoms with Gasteiger partial charge in [-0.15, -0.1) is 0 Å². The summed E-state index contributed by atoms with van der Waals surface area (Å²) >= 11 is 6.15. The molecule has 0 aliphatic carbocycles. The maximum absolute atomic E-state index is 13.3. The van der Waals surface area contributed by atoms with Gasteiger partial charge in [0.2, 0.25) is 0 Å². The van der Waals surface area contributed by atoms with Crippen molar-refractivity contribution in [1.29, 1.82) is 0 Å². The van der Waals surface area contributed by atoms with Crippen LogP contribution < -0.4 is 4.74 Å². The minimum Gasteiger partial charge on any atom is -0.496 e. The van der Waals surface area contributed by atoms with Crippen LogP contribution in [0.15, 0.2) is 60.9 Å². The van der Waals surface area contributed by atoms with Crippen LogP contribution in [0.2, 0.25) is 5.02 Å². The van der Waals surface area contributed by atoms with Gasteiger partial charge >= 0.3 is 0 Å². The van der Waals surface area contributed by atoms with Gasteiger partial charge in [-0.1, -0.05) is 17.7 Å². The molecule has 2 aromatic carbocycles. The number of ether oxygens (including phenoxy) is 1. The lowest BCUT2D eigenvalue weighted by Gasteiger charge is -2.19. The number of fused-ring (bicyclic) bond motifs is 1. The lowest BCUT2D eigenvalue weighted by atomic mass is 10.1. The lowest BCUT2D eigenvalue weighted by molar-refractivity contribution is 0.0746. The van der Waals surface area contributed by atoms with Crippen molar-refractivity contribution in [1.82, 2.24) is 19.2 Å². The summed E-state index contributed by atoms with van der Waals surface area (Å²) in [6, 6.07) is 15.4. The minimum absolute atomic E-state index is 0.126. The zero-order valence-corrected chi connectivity index (χ0v) is 18.9. The molecule has 3 heterocycles. The summed E-state index contributed by atoms with van der Waals surface area (Å²) in [6.07, 6.45) is 4.00. The van der Waals surface area contributed by atoms with E-state index in [-0.39, 0.29) is 5.91 Å². The van der Waals surface area contributed by atoms with Crippen molar-refractivity contribution >= 4 is 17.5 Å². The molecule has 6 nitrogen and oxygen atoms in total. The van der Waals surface area contributed by atoms with Gasteiger partial charge in [-0.25, -0.2) is 4.68 Å². The third-order valence-corrected chi connectivity index (χ3v) is 6.23. The molecule has 0 radical (unpaired) electrons. The molecule has 7 heteroatoms. The highest BCUT2D eigenvalue weighted by atomic mass is 35.5. The summed E-state index contributed by atoms with van der Waals surface area (Å²) in [4.78, 5) is 15.1. The second-order valence-electron chi connectivity index (χ2n) is 8.03. The molecule has 0 saturated carbocycles. The van der Waals surface area contributed by atoms with E-state index in [9.17, 15) is 4.79 Å². The summed E-state index contributed by atoms with van der Waals surface area (Å²) in [5.74, 6) is 1.33. The molecule has 1 amide bonds. The fourth-order valence-electron chi connectivity index (χ4n) is 4.14. The number of hydrogen-bond acceptors (Lipinski definition) is 3. The number of benzene rings is 2. The molecule has 4 aromatic rings. The Hall–Kier alpha value is -3.51. The standard InChI is InChI=1S/C25H23ClN4O2/c1-16-6-8-19(12-17(16)2)30-24(28-10-4-5-11-28)21-14-29(15-22(21)27-30)25(31)20-13-18(26)7-9-23(20)32-3/h4-13H,14-15H2,1-3H3. The topological polar surface area (TPSA) is 52.3 Å². The number of halogens is 1. The van der Waals surface area contributed by atoms with Crippen molar-refractivity contribution in [3.05, 3.63) is 93.9 Å². The number of amides is 1. The van der Waals surface area contributed by atoms with Crippen LogP contribution in [0.5, 0.6) is 5.75 Å². The molecule has 1 aliphatic heterocycles. The van der Waals surface area contributed by atoms with Crippen LogP contribution >= 0.6 is 11.6 Å². The molecule has 162 valence electrons. The SMILES string of the molecule is COc1ccc(Cl)cc1C(=O)N1Cc2nn(-c3ccc(C)c(C)c3)c(-n3cccc3)c2C1. The van der Waals surface area contributed by atoms with Crippen molar-refractivity contribution in [2.75, 3.05) is 7.11 Å². The average molecular weight is 447 g/mol. The van der Waals surface area contributed by atoms with Gasteiger partial charge in [0.25, 0.3) is 5.91 Å². The Morgan fingerprint density at radius 1 is 1.03 bits per heavy atom. The van der Waals surface area contributed by atoms with E-state index in [1.54, 1.807) is 30.2 Å². The summed E-state index contributed by atoms with van der Waals surface area (Å²) in [6.45, 7) is 5.09. The van der Waals surface area contributed by atoms with Crippen LogP contribution in [0.1, 0.15) is 32.7 Å². The fourth-order valence-corrected chi connectivity index (χ4v) is 4.31. The Kier molecular flexibility index (Phi) is 5.02. The smallest absolute Gasteiger partial charge is 0.258 e. The van der Waals surface area contributed by atoms with Crippen LogP contribution in [0.25, 0.3) is 11.5 Å². The molecule has 0 atom stereocenters. The van der Waals surface area contributed by atoms with Crippen molar-refractivity contribution in [2.24, 2.45) is 0 Å². The minimum atomic E-state index is -0.126. The second-order valence-corrected chi connectivity index (χ2v) is 8.46. The quantitative estimate of drug-likeness (QED) is 0.438.